The van der Waals surface area contributed by atoms with Crippen LogP contribution in [-0.2, 0) is 9.59 Å². The smallest absolute Gasteiger partial charge is 0.301 e. The number of aryl methyl sites for hydroxylation is 2. The highest BCUT2D eigenvalue weighted by molar-refractivity contribution is 7.22. The molecule has 2 aromatic heterocycles. The van der Waals surface area contributed by atoms with E-state index in [0.717, 1.165) is 4.70 Å². The molecule has 1 unspecified atom stereocenters. The molecule has 4 aromatic rings. The van der Waals surface area contributed by atoms with Gasteiger partial charge in [0.15, 0.2) is 5.13 Å². The van der Waals surface area contributed by atoms with Crippen molar-refractivity contribution in [3.63, 3.8) is 0 Å². The average Bonchev–Trinajstić information content (AvgIpc) is 3.42. The summed E-state index contributed by atoms with van der Waals surface area (Å²) in [6.07, 6.45) is 0. The molecule has 0 saturated carbocycles. The van der Waals surface area contributed by atoms with Gasteiger partial charge in [0.2, 0.25) is 0 Å². The number of fused-ring (bicyclic) bond motifs is 1. The van der Waals surface area contributed by atoms with Gasteiger partial charge in [-0.05, 0) is 49.7 Å². The van der Waals surface area contributed by atoms with E-state index >= 15 is 0 Å². The first kappa shape index (κ1) is 21.2. The monoisotopic (exact) mass is 479 g/mol. The summed E-state index contributed by atoms with van der Waals surface area (Å²) in [5.74, 6) is -0.906. The summed E-state index contributed by atoms with van der Waals surface area (Å²) in [6, 6.07) is 12.9. The highest BCUT2D eigenvalue weighted by Gasteiger charge is 2.48. The maximum absolute atomic E-state index is 13.3. The van der Waals surface area contributed by atoms with Crippen LogP contribution in [0.3, 0.4) is 0 Å². The Hall–Kier alpha value is -3.62. The summed E-state index contributed by atoms with van der Waals surface area (Å²) in [4.78, 5) is 32.4. The number of halogens is 1. The second-order valence-corrected chi connectivity index (χ2v) is 9.17. The fourth-order valence-electron chi connectivity index (χ4n) is 4.09. The zero-order chi connectivity index (χ0) is 23.4. The van der Waals surface area contributed by atoms with Crippen LogP contribution in [0.25, 0.3) is 16.0 Å². The van der Waals surface area contributed by atoms with E-state index in [0.29, 0.717) is 44.0 Å². The molecule has 1 fully saturated rings. The van der Waals surface area contributed by atoms with Crippen molar-refractivity contribution in [1.82, 2.24) is 4.98 Å². The third kappa shape index (κ3) is 3.39. The number of thiazole rings is 1. The molecule has 0 spiro atoms. The van der Waals surface area contributed by atoms with Gasteiger partial charge in [-0.1, -0.05) is 41.1 Å². The summed E-state index contributed by atoms with van der Waals surface area (Å²) in [5.41, 5.74) is 7.87. The van der Waals surface area contributed by atoms with Crippen molar-refractivity contribution < 1.29 is 19.1 Å². The van der Waals surface area contributed by atoms with E-state index in [1.165, 1.54) is 16.2 Å². The number of aliphatic hydroxyl groups excluding tert-OH is 1. The van der Waals surface area contributed by atoms with Crippen molar-refractivity contribution in [3.05, 3.63) is 81.8 Å². The Morgan fingerprint density at radius 3 is 2.61 bits per heavy atom. The van der Waals surface area contributed by atoms with E-state index in [9.17, 15) is 14.7 Å². The molecule has 3 heterocycles. The molecule has 2 aromatic carbocycles. The summed E-state index contributed by atoms with van der Waals surface area (Å²) < 4.78 is 6.30. The third-order valence-corrected chi connectivity index (χ3v) is 6.86. The lowest BCUT2D eigenvalue weighted by Crippen LogP contribution is -2.29. The van der Waals surface area contributed by atoms with Crippen molar-refractivity contribution in [2.45, 2.75) is 19.9 Å². The summed E-state index contributed by atoms with van der Waals surface area (Å²) in [6.45, 7) is 3.42. The van der Waals surface area contributed by atoms with Crippen molar-refractivity contribution in [2.24, 2.45) is 0 Å². The molecule has 1 aliphatic rings. The first-order chi connectivity index (χ1) is 15.8. The molecular weight excluding hydrogens is 462 g/mol. The van der Waals surface area contributed by atoms with Crippen molar-refractivity contribution in [3.8, 4) is 0 Å². The van der Waals surface area contributed by atoms with E-state index in [1.807, 2.05) is 6.07 Å². The van der Waals surface area contributed by atoms with E-state index < -0.39 is 17.7 Å². The Balaban J connectivity index is 1.77. The largest absolute Gasteiger partial charge is 0.507 e. The lowest BCUT2D eigenvalue weighted by atomic mass is 9.95. The lowest BCUT2D eigenvalue weighted by molar-refractivity contribution is -0.132. The van der Waals surface area contributed by atoms with Crippen LogP contribution in [-0.4, -0.2) is 21.8 Å². The number of furan rings is 1. The molecule has 5 rings (SSSR count). The minimum Gasteiger partial charge on any atom is -0.507 e. The Bertz CT molecular complexity index is 1490. The maximum atomic E-state index is 13.3. The number of aromatic nitrogens is 1. The van der Waals surface area contributed by atoms with Gasteiger partial charge in [0.05, 0.1) is 26.9 Å². The van der Waals surface area contributed by atoms with Gasteiger partial charge in [-0.15, -0.1) is 0 Å². The predicted molar refractivity (Wildman–Crippen MR) is 128 cm³/mol. The molecule has 33 heavy (non-hydrogen) atoms. The van der Waals surface area contributed by atoms with Gasteiger partial charge in [0.1, 0.15) is 22.8 Å². The number of ketones is 1. The minimum absolute atomic E-state index is 0.0557. The van der Waals surface area contributed by atoms with Gasteiger partial charge in [-0.3, -0.25) is 14.5 Å². The molecule has 0 radical (unpaired) electrons. The molecule has 166 valence electrons. The quantitative estimate of drug-likeness (QED) is 0.177. The Kier molecular flexibility index (Phi) is 4.99. The van der Waals surface area contributed by atoms with Gasteiger partial charge in [0, 0.05) is 5.69 Å². The number of nitrogen functional groups attached to an aromatic ring is 1. The third-order valence-electron chi connectivity index (χ3n) is 5.53. The van der Waals surface area contributed by atoms with Crippen LogP contribution in [0.15, 0.2) is 58.5 Å². The molecular formula is C24H18ClN3O4S. The van der Waals surface area contributed by atoms with Gasteiger partial charge in [0.25, 0.3) is 5.78 Å². The number of anilines is 2. The van der Waals surface area contributed by atoms with Crippen LogP contribution >= 0.6 is 22.9 Å². The maximum Gasteiger partial charge on any atom is 0.301 e. The lowest BCUT2D eigenvalue weighted by Gasteiger charge is -2.23. The van der Waals surface area contributed by atoms with E-state index in [4.69, 9.17) is 21.8 Å². The number of carbonyl (C=O) groups excluding carboxylic acids is 2. The number of hydrogen-bond donors (Lipinski definition) is 2. The van der Waals surface area contributed by atoms with Gasteiger partial charge in [-0.25, -0.2) is 4.98 Å². The number of rotatable bonds is 3. The fourth-order valence-corrected chi connectivity index (χ4v) is 5.38. The van der Waals surface area contributed by atoms with E-state index in [2.05, 4.69) is 4.98 Å². The number of nitrogens with two attached hydrogens (primary N) is 1. The number of hydrogen-bond acceptors (Lipinski definition) is 7. The number of nitrogens with zero attached hydrogens (tertiary/aromatic N) is 2. The number of para-hydroxylation sites is 1. The summed E-state index contributed by atoms with van der Waals surface area (Å²) in [5, 5.41) is 11.9. The Morgan fingerprint density at radius 2 is 1.94 bits per heavy atom. The molecule has 1 saturated heterocycles. The number of aliphatic hydroxyl groups is 1. The zero-order valence-electron chi connectivity index (χ0n) is 17.6. The molecule has 1 amide bonds. The SMILES string of the molecule is Cc1cc(/C(O)=C2\C(=O)C(=O)N(c3nc4c(Cl)cccc4s3)C2c2cccc(N)c2)c(C)o1. The normalized spacial score (nSPS) is 17.9. The predicted octanol–water partition coefficient (Wildman–Crippen LogP) is 5.37. The highest BCUT2D eigenvalue weighted by atomic mass is 35.5. The van der Waals surface area contributed by atoms with Gasteiger partial charge < -0.3 is 15.3 Å². The Morgan fingerprint density at radius 1 is 1.18 bits per heavy atom. The van der Waals surface area contributed by atoms with Crippen LogP contribution in [0.5, 0.6) is 0 Å². The second-order valence-electron chi connectivity index (χ2n) is 7.75. The molecule has 0 bridgehead atoms. The van der Waals surface area contributed by atoms with Gasteiger partial charge >= 0.3 is 5.91 Å². The van der Waals surface area contributed by atoms with Crippen LogP contribution < -0.4 is 10.6 Å². The van der Waals surface area contributed by atoms with Crippen LogP contribution in [0.2, 0.25) is 5.02 Å². The fraction of sp³-hybridized carbons (Fsp3) is 0.125. The summed E-state index contributed by atoms with van der Waals surface area (Å²) >= 11 is 7.53. The van der Waals surface area contributed by atoms with Crippen molar-refractivity contribution >= 4 is 61.4 Å². The van der Waals surface area contributed by atoms with Crippen molar-refractivity contribution in [2.75, 3.05) is 10.6 Å². The number of amides is 1. The molecule has 9 heteroatoms. The van der Waals surface area contributed by atoms with Crippen molar-refractivity contribution in [1.29, 1.82) is 0 Å². The molecule has 1 aliphatic heterocycles. The van der Waals surface area contributed by atoms with Crippen LogP contribution in [0.1, 0.15) is 28.7 Å². The second kappa shape index (κ2) is 7.75. The molecule has 0 aliphatic carbocycles. The summed E-state index contributed by atoms with van der Waals surface area (Å²) in [7, 11) is 0. The topological polar surface area (TPSA) is 110 Å². The number of benzene rings is 2. The number of carbonyl (C=O) groups is 2. The first-order valence-electron chi connectivity index (χ1n) is 10.0. The zero-order valence-corrected chi connectivity index (χ0v) is 19.2. The minimum atomic E-state index is -0.928. The molecule has 7 nitrogen and oxygen atoms in total. The van der Waals surface area contributed by atoms with E-state index in [-0.39, 0.29) is 11.3 Å². The molecule has 1 atom stereocenters. The van der Waals surface area contributed by atoms with Crippen LogP contribution in [0.4, 0.5) is 10.8 Å². The number of Topliss-reactive ketones (excluding diaryl/α,β-unsaturated/α-hetero) is 1. The van der Waals surface area contributed by atoms with E-state index in [1.54, 1.807) is 56.3 Å². The average molecular weight is 480 g/mol. The standard InChI is InChI=1S/C24H18ClN3O4S/c1-11-9-15(12(2)32-11)21(29)18-20(13-5-3-6-14(26)10-13)28(23(31)22(18)30)24-27-19-16(25)7-4-8-17(19)33-24/h3-10,20,29H,26H2,1-2H3/b21-18+. The molecule has 3 N–H and O–H groups in total. The highest BCUT2D eigenvalue weighted by Crippen LogP contribution is 2.45. The van der Waals surface area contributed by atoms with Crippen LogP contribution in [0, 0.1) is 13.8 Å². The van der Waals surface area contributed by atoms with Gasteiger partial charge in [-0.2, -0.15) is 0 Å². The Labute approximate surface area is 197 Å². The first-order valence-corrected chi connectivity index (χ1v) is 11.2.